The van der Waals surface area contributed by atoms with Crippen LogP contribution in [0.4, 0.5) is 13.2 Å². The van der Waals surface area contributed by atoms with Gasteiger partial charge in [0.15, 0.2) is 0 Å². The third-order valence-electron chi connectivity index (χ3n) is 2.29. The summed E-state index contributed by atoms with van der Waals surface area (Å²) in [7, 11) is 1.24. The van der Waals surface area contributed by atoms with Crippen LogP contribution in [0.1, 0.15) is 24.0 Å². The first-order chi connectivity index (χ1) is 7.36. The molecule has 0 unspecified atom stereocenters. The van der Waals surface area contributed by atoms with Crippen molar-refractivity contribution in [1.82, 2.24) is 0 Å². The van der Waals surface area contributed by atoms with Crippen molar-refractivity contribution in [2.45, 2.75) is 19.0 Å². The quantitative estimate of drug-likeness (QED) is 0.733. The Morgan fingerprint density at radius 2 is 1.75 bits per heavy atom. The molecule has 16 heavy (non-hydrogen) atoms. The van der Waals surface area contributed by atoms with Gasteiger partial charge in [-0.05, 0) is 24.6 Å². The van der Waals surface area contributed by atoms with Crippen LogP contribution in [0.2, 0.25) is 0 Å². The molecule has 0 amide bonds. The number of benzene rings is 1. The van der Waals surface area contributed by atoms with E-state index in [1.165, 1.54) is 19.2 Å². The van der Waals surface area contributed by atoms with Crippen molar-refractivity contribution < 1.29 is 22.7 Å². The van der Waals surface area contributed by atoms with Gasteiger partial charge in [-0.2, -0.15) is 13.2 Å². The molecule has 0 fully saturated rings. The molecule has 0 saturated carbocycles. The van der Waals surface area contributed by atoms with E-state index in [9.17, 15) is 18.0 Å². The van der Waals surface area contributed by atoms with Crippen LogP contribution in [0.5, 0.6) is 0 Å². The molecule has 0 bridgehead atoms. The first-order valence-electron chi connectivity index (χ1n) is 4.61. The van der Waals surface area contributed by atoms with Crippen molar-refractivity contribution in [2.75, 3.05) is 7.11 Å². The van der Waals surface area contributed by atoms with Crippen LogP contribution < -0.4 is 0 Å². The minimum Gasteiger partial charge on any atom is -0.469 e. The van der Waals surface area contributed by atoms with Gasteiger partial charge in [0, 0.05) is 0 Å². The Balaban J connectivity index is 2.91. The van der Waals surface area contributed by atoms with Gasteiger partial charge in [-0.1, -0.05) is 12.1 Å². The fraction of sp³-hybridized carbons (Fsp3) is 0.364. The Hall–Kier alpha value is -1.52. The van der Waals surface area contributed by atoms with Crippen molar-refractivity contribution in [1.29, 1.82) is 0 Å². The lowest BCUT2D eigenvalue weighted by atomic mass is 10.00. The van der Waals surface area contributed by atoms with Crippen LogP contribution in [0.25, 0.3) is 0 Å². The second kappa shape index (κ2) is 4.55. The van der Waals surface area contributed by atoms with E-state index in [0.717, 1.165) is 12.1 Å². The maximum atomic E-state index is 12.3. The van der Waals surface area contributed by atoms with Gasteiger partial charge in [0.1, 0.15) is 0 Å². The second-order valence-electron chi connectivity index (χ2n) is 3.36. The summed E-state index contributed by atoms with van der Waals surface area (Å²) in [6.07, 6.45) is -4.35. The fourth-order valence-electron chi connectivity index (χ4n) is 1.27. The number of rotatable bonds is 2. The molecule has 0 radical (unpaired) electrons. The Morgan fingerprint density at radius 3 is 2.12 bits per heavy atom. The molecule has 0 aliphatic carbocycles. The zero-order chi connectivity index (χ0) is 12.3. The molecule has 88 valence electrons. The van der Waals surface area contributed by atoms with E-state index in [0.29, 0.717) is 5.56 Å². The number of carbonyl (C=O) groups is 1. The Labute approximate surface area is 91.0 Å². The van der Waals surface area contributed by atoms with E-state index >= 15 is 0 Å². The SMILES string of the molecule is COC(=O)[C@H](C)c1ccc(C(F)(F)F)cc1. The molecular formula is C11H11F3O2. The topological polar surface area (TPSA) is 26.3 Å². The Bertz CT molecular complexity index is 368. The van der Waals surface area contributed by atoms with E-state index in [2.05, 4.69) is 4.74 Å². The Kier molecular flexibility index (Phi) is 3.57. The molecule has 0 spiro atoms. The van der Waals surface area contributed by atoms with E-state index in [-0.39, 0.29) is 0 Å². The van der Waals surface area contributed by atoms with Gasteiger partial charge in [-0.3, -0.25) is 4.79 Å². The van der Waals surface area contributed by atoms with Gasteiger partial charge in [0.25, 0.3) is 0 Å². The number of hydrogen-bond acceptors (Lipinski definition) is 2. The number of halogens is 3. The Morgan fingerprint density at radius 1 is 1.25 bits per heavy atom. The van der Waals surface area contributed by atoms with Gasteiger partial charge in [-0.15, -0.1) is 0 Å². The zero-order valence-corrected chi connectivity index (χ0v) is 8.84. The lowest BCUT2D eigenvalue weighted by molar-refractivity contribution is -0.142. The number of hydrogen-bond donors (Lipinski definition) is 0. The highest BCUT2D eigenvalue weighted by Gasteiger charge is 2.30. The number of carbonyl (C=O) groups excluding carboxylic acids is 1. The van der Waals surface area contributed by atoms with Crippen molar-refractivity contribution in [3.05, 3.63) is 35.4 Å². The summed E-state index contributed by atoms with van der Waals surface area (Å²) in [5, 5.41) is 0. The fourth-order valence-corrected chi connectivity index (χ4v) is 1.27. The minimum atomic E-state index is -4.35. The van der Waals surface area contributed by atoms with Gasteiger partial charge in [0.05, 0.1) is 18.6 Å². The molecule has 1 aromatic rings. The van der Waals surface area contributed by atoms with Crippen LogP contribution in [0, 0.1) is 0 Å². The molecule has 0 saturated heterocycles. The highest BCUT2D eigenvalue weighted by Crippen LogP contribution is 2.30. The molecule has 1 atom stereocenters. The van der Waals surface area contributed by atoms with Crippen molar-refractivity contribution >= 4 is 5.97 Å². The number of alkyl halides is 3. The summed E-state index contributed by atoms with van der Waals surface area (Å²) in [5.41, 5.74) is -0.229. The van der Waals surface area contributed by atoms with Gasteiger partial charge < -0.3 is 4.74 Å². The van der Waals surface area contributed by atoms with Crippen LogP contribution in [0.15, 0.2) is 24.3 Å². The molecular weight excluding hydrogens is 221 g/mol. The molecule has 2 nitrogen and oxygen atoms in total. The molecule has 1 rings (SSSR count). The second-order valence-corrected chi connectivity index (χ2v) is 3.36. The van der Waals surface area contributed by atoms with Crippen molar-refractivity contribution in [2.24, 2.45) is 0 Å². The maximum Gasteiger partial charge on any atom is 0.416 e. The van der Waals surface area contributed by atoms with Crippen molar-refractivity contribution in [3.63, 3.8) is 0 Å². The average Bonchev–Trinajstić information content (AvgIpc) is 2.26. The number of esters is 1. The van der Waals surface area contributed by atoms with E-state index < -0.39 is 23.6 Å². The number of methoxy groups -OCH3 is 1. The van der Waals surface area contributed by atoms with Gasteiger partial charge in [-0.25, -0.2) is 0 Å². The summed E-state index contributed by atoms with van der Waals surface area (Å²) in [6, 6.07) is 4.47. The molecule has 0 N–H and O–H groups in total. The smallest absolute Gasteiger partial charge is 0.416 e. The molecule has 1 aromatic carbocycles. The summed E-state index contributed by atoms with van der Waals surface area (Å²) < 4.78 is 41.3. The average molecular weight is 232 g/mol. The lowest BCUT2D eigenvalue weighted by Crippen LogP contribution is -2.11. The summed E-state index contributed by atoms with van der Waals surface area (Å²) in [4.78, 5) is 11.1. The summed E-state index contributed by atoms with van der Waals surface area (Å²) >= 11 is 0. The van der Waals surface area contributed by atoms with Gasteiger partial charge in [0.2, 0.25) is 0 Å². The molecule has 0 aliphatic heterocycles. The highest BCUT2D eigenvalue weighted by molar-refractivity contribution is 5.77. The van der Waals surface area contributed by atoms with Gasteiger partial charge >= 0.3 is 12.1 Å². The minimum absolute atomic E-state index is 0.472. The van der Waals surface area contributed by atoms with E-state index in [1.54, 1.807) is 6.92 Å². The first kappa shape index (κ1) is 12.5. The molecule has 5 heteroatoms. The standard InChI is InChI=1S/C11H11F3O2/c1-7(10(15)16-2)8-3-5-9(6-4-8)11(12,13)14/h3-7H,1-2H3/t7-/m1/s1. The number of ether oxygens (including phenoxy) is 1. The van der Waals surface area contributed by atoms with Crippen LogP contribution in [-0.2, 0) is 15.7 Å². The van der Waals surface area contributed by atoms with Crippen LogP contribution in [0.3, 0.4) is 0 Å². The zero-order valence-electron chi connectivity index (χ0n) is 8.84. The van der Waals surface area contributed by atoms with Crippen LogP contribution in [-0.4, -0.2) is 13.1 Å². The van der Waals surface area contributed by atoms with Crippen LogP contribution >= 0.6 is 0 Å². The summed E-state index contributed by atoms with van der Waals surface area (Å²) in [6.45, 7) is 1.58. The maximum absolute atomic E-state index is 12.3. The summed E-state index contributed by atoms with van der Waals surface area (Å²) in [5.74, 6) is -1.04. The lowest BCUT2D eigenvalue weighted by Gasteiger charge is -2.11. The predicted octanol–water partition coefficient (Wildman–Crippen LogP) is 2.98. The third kappa shape index (κ3) is 2.74. The highest BCUT2D eigenvalue weighted by atomic mass is 19.4. The van der Waals surface area contributed by atoms with E-state index in [1.807, 2.05) is 0 Å². The molecule has 0 aliphatic rings. The molecule has 0 aromatic heterocycles. The third-order valence-corrected chi connectivity index (χ3v) is 2.29. The predicted molar refractivity (Wildman–Crippen MR) is 51.9 cm³/mol. The monoisotopic (exact) mass is 232 g/mol. The first-order valence-corrected chi connectivity index (χ1v) is 4.61. The normalized spacial score (nSPS) is 13.3. The van der Waals surface area contributed by atoms with Crippen molar-refractivity contribution in [3.8, 4) is 0 Å². The largest absolute Gasteiger partial charge is 0.469 e. The molecule has 0 heterocycles. The van der Waals surface area contributed by atoms with E-state index in [4.69, 9.17) is 0 Å².